The van der Waals surface area contributed by atoms with E-state index in [-0.39, 0.29) is 46.6 Å². The second kappa shape index (κ2) is 12.5. The number of carbonyl (C=O) groups is 2. The van der Waals surface area contributed by atoms with Gasteiger partial charge in [0.25, 0.3) is 0 Å². The summed E-state index contributed by atoms with van der Waals surface area (Å²) in [7, 11) is -0.486. The van der Waals surface area contributed by atoms with Gasteiger partial charge in [-0.2, -0.15) is 13.2 Å². The van der Waals surface area contributed by atoms with Crippen LogP contribution in [0.4, 0.5) is 22.4 Å². The summed E-state index contributed by atoms with van der Waals surface area (Å²) in [4.78, 5) is 35.4. The molecule has 0 fully saturated rings. The zero-order valence-corrected chi connectivity index (χ0v) is 22.7. The number of aromatic nitrogens is 3. The van der Waals surface area contributed by atoms with Crippen molar-refractivity contribution in [1.29, 1.82) is 0 Å². The Balaban J connectivity index is 1.51. The number of likely N-dealkylation sites (N-methyl/N-ethyl adjacent to an activating group) is 1. The fraction of sp³-hybridized carbons (Fsp3) is 0.259. The van der Waals surface area contributed by atoms with Gasteiger partial charge in [0.2, 0.25) is 5.16 Å². The first-order valence-electron chi connectivity index (χ1n) is 12.1. The Kier molecular flexibility index (Phi) is 9.01. The van der Waals surface area contributed by atoms with Crippen molar-refractivity contribution in [3.8, 4) is 5.75 Å². The molecule has 4 rings (SSSR count). The molecule has 0 N–H and O–H groups in total. The molecular formula is C27H24F4N4O5S. The predicted molar refractivity (Wildman–Crippen MR) is 140 cm³/mol. The van der Waals surface area contributed by atoms with E-state index < -0.39 is 41.4 Å². The maximum absolute atomic E-state index is 13.5. The Bertz CT molecular complexity index is 1590. The molecule has 4 aromatic rings. The van der Waals surface area contributed by atoms with Gasteiger partial charge in [0.15, 0.2) is 6.61 Å². The van der Waals surface area contributed by atoms with Gasteiger partial charge in [0.05, 0.1) is 45.4 Å². The molecule has 0 saturated heterocycles. The number of carbonyl (C=O) groups excluding carboxylic acids is 2. The summed E-state index contributed by atoms with van der Waals surface area (Å²) in [6, 6.07) is 12.1. The number of para-hydroxylation sites is 2. The fourth-order valence-electron chi connectivity index (χ4n) is 3.76. The number of benzene rings is 2. The standard InChI is InChI=1S/C27H24F4N4O5S/c1-17-21(32-12-11-23(17)40-16-27(29,30)31)15-41(38)25-33-20-5-3-4-6-22(20)35(25)26(37)34(2)13-14-39-24(36)18-7-9-19(28)10-8-18/h3-12H,13-16H2,1-2H3. The molecule has 0 aliphatic heterocycles. The molecule has 41 heavy (non-hydrogen) atoms. The van der Waals surface area contributed by atoms with E-state index in [1.54, 1.807) is 24.3 Å². The molecule has 2 aromatic carbocycles. The Morgan fingerprint density at radius 1 is 1.07 bits per heavy atom. The molecule has 0 aliphatic rings. The van der Waals surface area contributed by atoms with Crippen molar-refractivity contribution >= 4 is 33.8 Å². The Hall–Kier alpha value is -4.33. The van der Waals surface area contributed by atoms with E-state index in [4.69, 9.17) is 9.47 Å². The summed E-state index contributed by atoms with van der Waals surface area (Å²) < 4.78 is 75.7. The van der Waals surface area contributed by atoms with Crippen LogP contribution in [0.15, 0.2) is 66.0 Å². The van der Waals surface area contributed by atoms with Crippen LogP contribution in [0.1, 0.15) is 21.6 Å². The highest BCUT2D eigenvalue weighted by Crippen LogP contribution is 2.26. The predicted octanol–water partition coefficient (Wildman–Crippen LogP) is 4.88. The van der Waals surface area contributed by atoms with E-state index in [2.05, 4.69) is 9.97 Å². The SMILES string of the molecule is Cc1c(OCC(F)(F)F)ccnc1CS(=O)c1nc2ccccc2n1C(=O)N(C)CCOC(=O)c1ccc(F)cc1. The van der Waals surface area contributed by atoms with Crippen LogP contribution in [-0.4, -0.2) is 68.6 Å². The highest BCUT2D eigenvalue weighted by atomic mass is 32.2. The zero-order valence-electron chi connectivity index (χ0n) is 21.9. The first-order valence-corrected chi connectivity index (χ1v) is 13.4. The van der Waals surface area contributed by atoms with E-state index in [9.17, 15) is 31.4 Å². The molecule has 2 heterocycles. The fourth-order valence-corrected chi connectivity index (χ4v) is 5.01. The molecule has 0 radical (unpaired) electrons. The van der Waals surface area contributed by atoms with Crippen LogP contribution in [0, 0.1) is 12.7 Å². The van der Waals surface area contributed by atoms with Crippen LogP contribution < -0.4 is 4.74 Å². The van der Waals surface area contributed by atoms with Gasteiger partial charge < -0.3 is 14.4 Å². The van der Waals surface area contributed by atoms with Gasteiger partial charge in [-0.05, 0) is 49.4 Å². The van der Waals surface area contributed by atoms with Gasteiger partial charge in [-0.3, -0.25) is 9.19 Å². The van der Waals surface area contributed by atoms with Crippen LogP contribution in [-0.2, 0) is 21.3 Å². The van der Waals surface area contributed by atoms with Crippen LogP contribution in [0.25, 0.3) is 11.0 Å². The van der Waals surface area contributed by atoms with Gasteiger partial charge in [0.1, 0.15) is 18.2 Å². The van der Waals surface area contributed by atoms with Crippen LogP contribution in [0.3, 0.4) is 0 Å². The summed E-state index contributed by atoms with van der Waals surface area (Å²) >= 11 is 0. The number of alkyl halides is 3. The van der Waals surface area contributed by atoms with Crippen molar-refractivity contribution in [3.63, 3.8) is 0 Å². The summed E-state index contributed by atoms with van der Waals surface area (Å²) in [6.07, 6.45) is -3.28. The monoisotopic (exact) mass is 592 g/mol. The van der Waals surface area contributed by atoms with Crippen LogP contribution >= 0.6 is 0 Å². The normalized spacial score (nSPS) is 12.2. The van der Waals surface area contributed by atoms with Crippen molar-refractivity contribution in [2.24, 2.45) is 0 Å². The van der Waals surface area contributed by atoms with E-state index in [1.807, 2.05) is 0 Å². The van der Waals surface area contributed by atoms with Gasteiger partial charge in [-0.15, -0.1) is 0 Å². The number of esters is 1. The van der Waals surface area contributed by atoms with Gasteiger partial charge in [-0.1, -0.05) is 12.1 Å². The Morgan fingerprint density at radius 2 is 1.78 bits per heavy atom. The first kappa shape index (κ1) is 29.6. The van der Waals surface area contributed by atoms with E-state index in [1.165, 1.54) is 47.8 Å². The molecule has 1 unspecified atom stereocenters. The van der Waals surface area contributed by atoms with Crippen molar-refractivity contribution in [1.82, 2.24) is 19.4 Å². The number of ether oxygens (including phenoxy) is 2. The van der Waals surface area contributed by atoms with Gasteiger partial charge in [-0.25, -0.2) is 23.5 Å². The lowest BCUT2D eigenvalue weighted by atomic mass is 10.2. The second-order valence-corrected chi connectivity index (χ2v) is 10.2. The summed E-state index contributed by atoms with van der Waals surface area (Å²) in [5.41, 5.74) is 1.42. The van der Waals surface area contributed by atoms with Crippen molar-refractivity contribution in [2.75, 3.05) is 26.8 Å². The highest BCUT2D eigenvalue weighted by Gasteiger charge is 2.29. The third-order valence-electron chi connectivity index (χ3n) is 5.91. The van der Waals surface area contributed by atoms with Crippen molar-refractivity contribution < 1.29 is 40.8 Å². The average Bonchev–Trinajstić information content (AvgIpc) is 3.32. The van der Waals surface area contributed by atoms with Gasteiger partial charge >= 0.3 is 18.2 Å². The number of nitrogens with zero attached hydrogens (tertiary/aromatic N) is 4. The zero-order chi connectivity index (χ0) is 29.7. The molecule has 0 aliphatic carbocycles. The lowest BCUT2D eigenvalue weighted by Crippen LogP contribution is -2.35. The number of amides is 1. The largest absolute Gasteiger partial charge is 0.484 e. The number of pyridine rings is 1. The molecule has 1 amide bonds. The summed E-state index contributed by atoms with van der Waals surface area (Å²) in [6.45, 7) is -0.183. The molecule has 0 spiro atoms. The number of fused-ring (bicyclic) bond motifs is 1. The van der Waals surface area contributed by atoms with E-state index in [0.717, 1.165) is 12.1 Å². The molecule has 14 heteroatoms. The first-order chi connectivity index (χ1) is 19.4. The second-order valence-electron chi connectivity index (χ2n) is 8.84. The summed E-state index contributed by atoms with van der Waals surface area (Å²) in [5.74, 6) is -1.49. The molecule has 9 nitrogen and oxygen atoms in total. The highest BCUT2D eigenvalue weighted by molar-refractivity contribution is 7.84. The molecular weight excluding hydrogens is 568 g/mol. The minimum atomic E-state index is -4.53. The molecule has 0 bridgehead atoms. The van der Waals surface area contributed by atoms with Crippen LogP contribution in [0.2, 0.25) is 0 Å². The number of hydrogen-bond acceptors (Lipinski definition) is 7. The Labute approximate surface area is 234 Å². The maximum atomic E-state index is 13.5. The molecule has 2 aromatic heterocycles. The lowest BCUT2D eigenvalue weighted by molar-refractivity contribution is -0.153. The topological polar surface area (TPSA) is 104 Å². The number of halogens is 4. The van der Waals surface area contributed by atoms with E-state index >= 15 is 0 Å². The number of rotatable bonds is 9. The van der Waals surface area contributed by atoms with Crippen molar-refractivity contribution in [3.05, 3.63) is 83.4 Å². The quantitative estimate of drug-likeness (QED) is 0.202. The minimum absolute atomic E-state index is 0.0242. The maximum Gasteiger partial charge on any atom is 0.422 e. The van der Waals surface area contributed by atoms with Crippen molar-refractivity contribution in [2.45, 2.75) is 24.0 Å². The lowest BCUT2D eigenvalue weighted by Gasteiger charge is -2.19. The smallest absolute Gasteiger partial charge is 0.422 e. The van der Waals surface area contributed by atoms with E-state index in [0.29, 0.717) is 11.0 Å². The minimum Gasteiger partial charge on any atom is -0.484 e. The van der Waals surface area contributed by atoms with Gasteiger partial charge in [0, 0.05) is 18.8 Å². The average molecular weight is 593 g/mol. The third-order valence-corrected chi connectivity index (χ3v) is 7.13. The molecule has 0 saturated carbocycles. The number of hydrogen-bond donors (Lipinski definition) is 0. The molecule has 216 valence electrons. The molecule has 1 atom stereocenters. The number of imidazole rings is 1. The van der Waals surface area contributed by atoms with Crippen LogP contribution in [0.5, 0.6) is 5.75 Å². The summed E-state index contributed by atoms with van der Waals surface area (Å²) in [5, 5.41) is -0.0887. The third kappa shape index (κ3) is 7.25. The Morgan fingerprint density at radius 3 is 2.49 bits per heavy atom.